The Morgan fingerprint density at radius 3 is 2.89 bits per heavy atom. The molecule has 3 heteroatoms. The van der Waals surface area contributed by atoms with Crippen LogP contribution in [0.5, 0.6) is 0 Å². The maximum absolute atomic E-state index is 4.16. The van der Waals surface area contributed by atoms with Crippen molar-refractivity contribution in [2.75, 3.05) is 0 Å². The highest BCUT2D eigenvalue weighted by Gasteiger charge is 2.06. The van der Waals surface area contributed by atoms with E-state index in [-0.39, 0.29) is 0 Å². The van der Waals surface area contributed by atoms with Crippen molar-refractivity contribution < 1.29 is 0 Å². The molecular weight excluding hydrogens is 288 g/mol. The molecule has 1 heterocycles. The van der Waals surface area contributed by atoms with Crippen molar-refractivity contribution in [2.45, 2.75) is 26.4 Å². The molecule has 94 valence electrons. The van der Waals surface area contributed by atoms with Gasteiger partial charge in [0.05, 0.1) is 0 Å². The van der Waals surface area contributed by atoms with Crippen LogP contribution in [0.1, 0.15) is 29.7 Å². The zero-order valence-electron chi connectivity index (χ0n) is 10.7. The number of benzene rings is 1. The number of halogens is 1. The van der Waals surface area contributed by atoms with Crippen LogP contribution in [0.25, 0.3) is 0 Å². The van der Waals surface area contributed by atoms with Crippen LogP contribution in [0, 0.1) is 6.92 Å². The van der Waals surface area contributed by atoms with Gasteiger partial charge in [-0.15, -0.1) is 0 Å². The van der Waals surface area contributed by atoms with Gasteiger partial charge in [-0.2, -0.15) is 0 Å². The van der Waals surface area contributed by atoms with E-state index in [2.05, 4.69) is 58.3 Å². The molecule has 1 aromatic carbocycles. The van der Waals surface area contributed by atoms with Crippen molar-refractivity contribution >= 4 is 15.9 Å². The van der Waals surface area contributed by atoms with E-state index in [4.69, 9.17) is 0 Å². The zero-order chi connectivity index (χ0) is 13.0. The summed E-state index contributed by atoms with van der Waals surface area (Å²) in [5.74, 6) is 0. The highest BCUT2D eigenvalue weighted by molar-refractivity contribution is 9.10. The quantitative estimate of drug-likeness (QED) is 0.923. The lowest BCUT2D eigenvalue weighted by Gasteiger charge is -2.15. The van der Waals surface area contributed by atoms with Gasteiger partial charge in [0, 0.05) is 29.5 Å². The molecule has 2 aromatic rings. The summed E-state index contributed by atoms with van der Waals surface area (Å²) in [5.41, 5.74) is 3.81. The van der Waals surface area contributed by atoms with Gasteiger partial charge in [0.2, 0.25) is 0 Å². The molecule has 0 amide bonds. The number of aryl methyl sites for hydroxylation is 1. The summed E-state index contributed by atoms with van der Waals surface area (Å²) in [6, 6.07) is 10.8. The van der Waals surface area contributed by atoms with Crippen molar-refractivity contribution in [1.29, 1.82) is 0 Å². The van der Waals surface area contributed by atoms with E-state index in [1.54, 1.807) is 0 Å². The Kier molecular flexibility index (Phi) is 4.50. The van der Waals surface area contributed by atoms with Gasteiger partial charge in [-0.25, -0.2) is 0 Å². The minimum absolute atomic E-state index is 0.321. The van der Waals surface area contributed by atoms with Crippen LogP contribution in [0.4, 0.5) is 0 Å². The maximum atomic E-state index is 4.16. The largest absolute Gasteiger partial charge is 0.306 e. The lowest BCUT2D eigenvalue weighted by atomic mass is 10.1. The molecule has 1 atom stereocenters. The van der Waals surface area contributed by atoms with Gasteiger partial charge in [0.25, 0.3) is 0 Å². The van der Waals surface area contributed by atoms with Crippen LogP contribution in [0.3, 0.4) is 0 Å². The summed E-state index contributed by atoms with van der Waals surface area (Å²) in [5, 5.41) is 3.52. The van der Waals surface area contributed by atoms with Crippen molar-refractivity contribution in [1.82, 2.24) is 10.3 Å². The summed E-state index contributed by atoms with van der Waals surface area (Å²) in [6.45, 7) is 5.13. The van der Waals surface area contributed by atoms with E-state index in [0.717, 1.165) is 11.0 Å². The molecule has 0 saturated heterocycles. The van der Waals surface area contributed by atoms with Crippen LogP contribution in [0.15, 0.2) is 47.2 Å². The number of aromatic nitrogens is 1. The van der Waals surface area contributed by atoms with Gasteiger partial charge in [0.1, 0.15) is 0 Å². The first-order chi connectivity index (χ1) is 8.66. The molecule has 0 saturated carbocycles. The Labute approximate surface area is 117 Å². The second kappa shape index (κ2) is 6.12. The van der Waals surface area contributed by atoms with Crippen LogP contribution in [-0.2, 0) is 6.54 Å². The number of pyridine rings is 1. The Balaban J connectivity index is 2.00. The van der Waals surface area contributed by atoms with Gasteiger partial charge in [0.15, 0.2) is 0 Å². The van der Waals surface area contributed by atoms with Gasteiger partial charge in [-0.05, 0) is 48.7 Å². The third-order valence-electron chi connectivity index (χ3n) is 3.09. The normalized spacial score (nSPS) is 12.4. The molecule has 2 nitrogen and oxygen atoms in total. The Hall–Kier alpha value is -1.19. The van der Waals surface area contributed by atoms with E-state index in [0.29, 0.717) is 6.04 Å². The predicted octanol–water partition coefficient (Wildman–Crippen LogP) is 4.00. The number of nitrogens with one attached hydrogen (secondary N) is 1. The average molecular weight is 305 g/mol. The Morgan fingerprint density at radius 2 is 2.17 bits per heavy atom. The second-order valence-corrected chi connectivity index (χ2v) is 5.38. The van der Waals surface area contributed by atoms with E-state index in [9.17, 15) is 0 Å². The molecule has 0 unspecified atom stereocenters. The van der Waals surface area contributed by atoms with Crippen LogP contribution in [-0.4, -0.2) is 4.98 Å². The molecule has 0 aliphatic rings. The topological polar surface area (TPSA) is 24.9 Å². The number of nitrogens with zero attached hydrogens (tertiary/aromatic N) is 1. The number of hydrogen-bond donors (Lipinski definition) is 1. The molecule has 0 bridgehead atoms. The Bertz CT molecular complexity index is 525. The molecule has 0 fully saturated rings. The molecule has 0 aliphatic carbocycles. The fourth-order valence-electron chi connectivity index (χ4n) is 1.84. The van der Waals surface area contributed by atoms with Crippen LogP contribution < -0.4 is 5.32 Å². The third-order valence-corrected chi connectivity index (χ3v) is 3.59. The molecule has 0 spiro atoms. The van der Waals surface area contributed by atoms with Crippen LogP contribution in [0.2, 0.25) is 0 Å². The van der Waals surface area contributed by atoms with Gasteiger partial charge >= 0.3 is 0 Å². The molecule has 1 aromatic heterocycles. The summed E-state index contributed by atoms with van der Waals surface area (Å²) in [7, 11) is 0. The predicted molar refractivity (Wildman–Crippen MR) is 78.4 cm³/mol. The number of hydrogen-bond acceptors (Lipinski definition) is 2. The highest BCUT2D eigenvalue weighted by Crippen LogP contribution is 2.18. The SMILES string of the molecule is Cc1ccncc1CN[C@@H](C)c1cccc(Br)c1. The summed E-state index contributed by atoms with van der Waals surface area (Å²) >= 11 is 3.50. The maximum Gasteiger partial charge on any atom is 0.0315 e. The summed E-state index contributed by atoms with van der Waals surface area (Å²) in [4.78, 5) is 4.16. The van der Waals surface area contributed by atoms with Crippen molar-refractivity contribution in [3.05, 3.63) is 63.9 Å². The molecule has 0 aliphatic heterocycles. The summed E-state index contributed by atoms with van der Waals surface area (Å²) in [6.07, 6.45) is 3.76. The lowest BCUT2D eigenvalue weighted by molar-refractivity contribution is 0.572. The van der Waals surface area contributed by atoms with E-state index >= 15 is 0 Å². The van der Waals surface area contributed by atoms with E-state index in [1.165, 1.54) is 16.7 Å². The first-order valence-corrected chi connectivity index (χ1v) is 6.84. The molecular formula is C15H17BrN2. The van der Waals surface area contributed by atoms with Crippen molar-refractivity contribution in [2.24, 2.45) is 0 Å². The van der Waals surface area contributed by atoms with Crippen molar-refractivity contribution in [3.63, 3.8) is 0 Å². The monoisotopic (exact) mass is 304 g/mol. The van der Waals surface area contributed by atoms with Gasteiger partial charge < -0.3 is 5.32 Å². The fraction of sp³-hybridized carbons (Fsp3) is 0.267. The zero-order valence-corrected chi connectivity index (χ0v) is 12.2. The van der Waals surface area contributed by atoms with E-state index < -0.39 is 0 Å². The average Bonchev–Trinajstić information content (AvgIpc) is 2.37. The molecule has 1 N–H and O–H groups in total. The van der Waals surface area contributed by atoms with Crippen LogP contribution >= 0.6 is 15.9 Å². The highest BCUT2D eigenvalue weighted by atomic mass is 79.9. The number of rotatable bonds is 4. The van der Waals surface area contributed by atoms with Gasteiger partial charge in [-0.3, -0.25) is 4.98 Å². The molecule has 18 heavy (non-hydrogen) atoms. The lowest BCUT2D eigenvalue weighted by Crippen LogP contribution is -2.18. The minimum atomic E-state index is 0.321. The molecule has 0 radical (unpaired) electrons. The fourth-order valence-corrected chi connectivity index (χ4v) is 2.26. The smallest absolute Gasteiger partial charge is 0.0315 e. The molecule has 2 rings (SSSR count). The standard InChI is InChI=1S/C15H17BrN2/c1-11-6-7-17-9-14(11)10-18-12(2)13-4-3-5-15(16)8-13/h3-9,12,18H,10H2,1-2H3/t12-/m0/s1. The minimum Gasteiger partial charge on any atom is -0.306 e. The Morgan fingerprint density at radius 1 is 1.33 bits per heavy atom. The first kappa shape index (κ1) is 13.2. The first-order valence-electron chi connectivity index (χ1n) is 6.05. The van der Waals surface area contributed by atoms with E-state index in [1.807, 2.05) is 24.5 Å². The van der Waals surface area contributed by atoms with Gasteiger partial charge in [-0.1, -0.05) is 28.1 Å². The second-order valence-electron chi connectivity index (χ2n) is 4.46. The third kappa shape index (κ3) is 3.40. The van der Waals surface area contributed by atoms with Crippen molar-refractivity contribution in [3.8, 4) is 0 Å². The summed E-state index contributed by atoms with van der Waals surface area (Å²) < 4.78 is 1.12.